The Hall–Kier alpha value is -7.76. The van der Waals surface area contributed by atoms with Crippen LogP contribution in [-0.2, 0) is 0 Å². The van der Waals surface area contributed by atoms with E-state index < -0.39 is 0 Å². The van der Waals surface area contributed by atoms with Crippen LogP contribution in [0.3, 0.4) is 0 Å². The summed E-state index contributed by atoms with van der Waals surface area (Å²) in [5.41, 5.74) is 16.2. The number of benzene rings is 9. The van der Waals surface area contributed by atoms with E-state index in [0.717, 1.165) is 124 Å². The Labute approximate surface area is 402 Å². The molecular formula is C64H54N2O3. The van der Waals surface area contributed by atoms with Gasteiger partial charge in [-0.2, -0.15) is 0 Å². The van der Waals surface area contributed by atoms with Gasteiger partial charge in [0, 0.05) is 61.7 Å². The van der Waals surface area contributed by atoms with Gasteiger partial charge in [0.1, 0.15) is 22.5 Å². The van der Waals surface area contributed by atoms with Gasteiger partial charge < -0.3 is 23.7 Å². The predicted octanol–water partition coefficient (Wildman–Crippen LogP) is 18.9. The second-order valence-corrected chi connectivity index (χ2v) is 19.6. The molecule has 5 heteroatoms. The molecule has 2 aromatic heterocycles. The molecular weight excluding hydrogens is 845 g/mol. The molecule has 13 rings (SSSR count). The topological polar surface area (TPSA) is 53.0 Å². The molecule has 0 radical (unpaired) electrons. The van der Waals surface area contributed by atoms with Gasteiger partial charge in [-0.05, 0) is 127 Å². The van der Waals surface area contributed by atoms with Crippen LogP contribution in [0.2, 0.25) is 0 Å². The van der Waals surface area contributed by atoms with E-state index in [4.69, 9.17) is 8.83 Å². The zero-order valence-corrected chi connectivity index (χ0v) is 39.2. The molecule has 69 heavy (non-hydrogen) atoms. The average molecular weight is 899 g/mol. The smallest absolute Gasteiger partial charge is 0.159 e. The summed E-state index contributed by atoms with van der Waals surface area (Å²) in [6.45, 7) is 4.35. The Balaban J connectivity index is 0.985. The third kappa shape index (κ3) is 6.89. The van der Waals surface area contributed by atoms with Gasteiger partial charge in [0.15, 0.2) is 5.58 Å². The maximum atomic E-state index is 11.8. The minimum atomic E-state index is 0.403. The minimum Gasteiger partial charge on any atom is -0.507 e. The van der Waals surface area contributed by atoms with Crippen LogP contribution in [0.15, 0.2) is 185 Å². The van der Waals surface area contributed by atoms with Crippen molar-refractivity contribution in [3.63, 3.8) is 0 Å². The lowest BCUT2D eigenvalue weighted by Crippen LogP contribution is -2.12. The number of nitrogens with zero attached hydrogens (tertiary/aromatic N) is 2. The molecule has 0 spiro atoms. The standard InChI is InChI=1S/C64H54N2O3/c1-40-17-3-11-32-55(40)65(57-34-16-31-53-52-30-15-29-49(43-21-7-8-22-43)63(52)69-64(53)57)46-35-36-54-59(38-46)68-60-39-58(50-25-9-10-26-51(50)61(54)60)66(56-33-12-4-18-41(56)2)45-24-13-23-44(37-45)48-28-14-27-47(62(48)67)42-19-5-6-20-42/h3-4,9-18,23-39,42-43,67H,5-8,19-22H2,1-2H3. The van der Waals surface area contributed by atoms with Crippen molar-refractivity contribution in [3.05, 3.63) is 198 Å². The zero-order chi connectivity index (χ0) is 46.2. The van der Waals surface area contributed by atoms with Crippen LogP contribution in [0.5, 0.6) is 5.75 Å². The summed E-state index contributed by atoms with van der Waals surface area (Å²) in [6.07, 6.45) is 9.66. The Bertz CT molecular complexity index is 3770. The van der Waals surface area contributed by atoms with Gasteiger partial charge in [-0.15, -0.1) is 0 Å². The zero-order valence-electron chi connectivity index (χ0n) is 39.2. The van der Waals surface area contributed by atoms with Crippen LogP contribution in [-0.4, -0.2) is 5.11 Å². The van der Waals surface area contributed by atoms with Crippen LogP contribution in [0.1, 0.15) is 85.5 Å². The molecule has 0 aliphatic heterocycles. The number of hydrogen-bond donors (Lipinski definition) is 1. The third-order valence-corrected chi connectivity index (χ3v) is 15.5. The van der Waals surface area contributed by atoms with Crippen LogP contribution in [0.25, 0.3) is 65.8 Å². The molecule has 2 fully saturated rings. The molecule has 0 unspecified atom stereocenters. The van der Waals surface area contributed by atoms with Crippen LogP contribution in [0.4, 0.5) is 34.1 Å². The largest absolute Gasteiger partial charge is 0.507 e. The number of anilines is 6. The normalized spacial score (nSPS) is 14.6. The molecule has 2 aliphatic rings. The van der Waals surface area contributed by atoms with Crippen molar-refractivity contribution >= 4 is 88.8 Å². The summed E-state index contributed by atoms with van der Waals surface area (Å²) in [6, 6.07) is 63.0. The van der Waals surface area contributed by atoms with Crippen molar-refractivity contribution in [2.75, 3.05) is 9.80 Å². The summed E-state index contributed by atoms with van der Waals surface area (Å²) in [5, 5.41) is 18.5. The number of aromatic hydroxyl groups is 1. The van der Waals surface area contributed by atoms with E-state index in [9.17, 15) is 5.11 Å². The lowest BCUT2D eigenvalue weighted by atomic mass is 9.92. The number of aryl methyl sites for hydroxylation is 2. The minimum absolute atomic E-state index is 0.403. The van der Waals surface area contributed by atoms with E-state index in [-0.39, 0.29) is 0 Å². The van der Waals surface area contributed by atoms with Crippen LogP contribution >= 0.6 is 0 Å². The second kappa shape index (κ2) is 16.8. The number of rotatable bonds is 9. The third-order valence-electron chi connectivity index (χ3n) is 15.5. The lowest BCUT2D eigenvalue weighted by molar-refractivity contribution is 0.463. The molecule has 0 bridgehead atoms. The fourth-order valence-electron chi connectivity index (χ4n) is 12.1. The molecule has 9 aromatic carbocycles. The summed E-state index contributed by atoms with van der Waals surface area (Å²) in [7, 11) is 0. The van der Waals surface area contributed by atoms with Crippen LogP contribution < -0.4 is 9.80 Å². The van der Waals surface area contributed by atoms with E-state index in [1.807, 2.05) is 0 Å². The molecule has 2 aliphatic carbocycles. The van der Waals surface area contributed by atoms with Gasteiger partial charge in [-0.3, -0.25) is 0 Å². The highest BCUT2D eigenvalue weighted by Crippen LogP contribution is 2.50. The van der Waals surface area contributed by atoms with E-state index in [1.165, 1.54) is 49.5 Å². The first-order valence-electron chi connectivity index (χ1n) is 24.9. The van der Waals surface area contributed by atoms with E-state index in [2.05, 4.69) is 200 Å². The fraction of sp³-hybridized carbons (Fsp3) is 0.188. The fourth-order valence-corrected chi connectivity index (χ4v) is 12.1. The van der Waals surface area contributed by atoms with E-state index >= 15 is 0 Å². The monoisotopic (exact) mass is 898 g/mol. The predicted molar refractivity (Wildman–Crippen MR) is 287 cm³/mol. The van der Waals surface area contributed by atoms with Crippen molar-refractivity contribution < 1.29 is 13.9 Å². The molecule has 0 saturated heterocycles. The van der Waals surface area contributed by atoms with Crippen molar-refractivity contribution in [2.24, 2.45) is 0 Å². The second-order valence-electron chi connectivity index (χ2n) is 19.6. The summed E-state index contributed by atoms with van der Waals surface area (Å²) in [4.78, 5) is 4.71. The number of phenols is 1. The first kappa shape index (κ1) is 41.4. The Morgan fingerprint density at radius 2 is 0.986 bits per heavy atom. The van der Waals surface area contributed by atoms with Crippen molar-refractivity contribution in [1.82, 2.24) is 0 Å². The summed E-state index contributed by atoms with van der Waals surface area (Å²) < 4.78 is 14.2. The van der Waals surface area contributed by atoms with Crippen molar-refractivity contribution in [1.29, 1.82) is 0 Å². The molecule has 2 saturated carbocycles. The van der Waals surface area contributed by atoms with Crippen molar-refractivity contribution in [2.45, 2.75) is 77.0 Å². The highest BCUT2D eigenvalue weighted by molar-refractivity contribution is 6.23. The first-order chi connectivity index (χ1) is 34.0. The Morgan fingerprint density at radius 1 is 0.420 bits per heavy atom. The molecule has 0 atom stereocenters. The number of hydrogen-bond acceptors (Lipinski definition) is 5. The van der Waals surface area contributed by atoms with Crippen molar-refractivity contribution in [3.8, 4) is 16.9 Å². The van der Waals surface area contributed by atoms with Gasteiger partial charge >= 0.3 is 0 Å². The number of para-hydroxylation sites is 5. The summed E-state index contributed by atoms with van der Waals surface area (Å²) in [5.74, 6) is 1.34. The lowest BCUT2D eigenvalue weighted by Gasteiger charge is -2.29. The van der Waals surface area contributed by atoms with Gasteiger partial charge in [0.2, 0.25) is 0 Å². The molecule has 11 aromatic rings. The van der Waals surface area contributed by atoms with E-state index in [0.29, 0.717) is 17.6 Å². The highest BCUT2D eigenvalue weighted by atomic mass is 16.3. The van der Waals surface area contributed by atoms with Gasteiger partial charge in [-0.25, -0.2) is 0 Å². The Kier molecular flexibility index (Phi) is 10.1. The van der Waals surface area contributed by atoms with Gasteiger partial charge in [0.05, 0.1) is 17.1 Å². The maximum absolute atomic E-state index is 11.8. The van der Waals surface area contributed by atoms with E-state index in [1.54, 1.807) is 0 Å². The molecule has 0 amide bonds. The maximum Gasteiger partial charge on any atom is 0.159 e. The molecule has 5 nitrogen and oxygen atoms in total. The Morgan fingerprint density at radius 3 is 1.72 bits per heavy atom. The number of fused-ring (bicyclic) bond motifs is 8. The quantitative estimate of drug-likeness (QED) is 0.156. The SMILES string of the molecule is Cc1ccccc1N(c1cccc(-c2cccc(C3CCCC3)c2O)c1)c1cc2oc3cc(N(c4ccccc4C)c4cccc5c4oc4c(C6CCCC6)cccc45)ccc3c2c2ccccc12. The number of furan rings is 2. The number of phenolic OH excluding ortho intramolecular Hbond substituents is 1. The molecule has 1 N–H and O–H groups in total. The van der Waals surface area contributed by atoms with Gasteiger partial charge in [0.25, 0.3) is 0 Å². The summed E-state index contributed by atoms with van der Waals surface area (Å²) >= 11 is 0. The highest BCUT2D eigenvalue weighted by Gasteiger charge is 2.28. The van der Waals surface area contributed by atoms with Crippen LogP contribution in [0, 0.1) is 13.8 Å². The van der Waals surface area contributed by atoms with Gasteiger partial charge in [-0.1, -0.05) is 147 Å². The first-order valence-corrected chi connectivity index (χ1v) is 24.9. The molecule has 338 valence electrons. The molecule has 2 heterocycles. The average Bonchev–Trinajstić information content (AvgIpc) is 4.23.